The van der Waals surface area contributed by atoms with E-state index in [9.17, 15) is 8.42 Å². The number of hydrogen-bond donors (Lipinski definition) is 1. The van der Waals surface area contributed by atoms with E-state index in [0.29, 0.717) is 26.2 Å². The Balaban J connectivity index is 1.43. The molecule has 1 aromatic rings. The summed E-state index contributed by atoms with van der Waals surface area (Å²) in [6.45, 7) is 8.17. The number of nitrogens with zero attached hydrogens (tertiary/aromatic N) is 2. The zero-order valence-electron chi connectivity index (χ0n) is 16.6. The van der Waals surface area contributed by atoms with Crippen molar-refractivity contribution >= 4 is 15.7 Å². The van der Waals surface area contributed by atoms with Crippen LogP contribution in [0, 0.1) is 0 Å². The van der Waals surface area contributed by atoms with Crippen LogP contribution in [0.5, 0.6) is 0 Å². The smallest absolute Gasteiger partial charge is 0.215 e. The minimum atomic E-state index is -3.24. The number of benzene rings is 1. The van der Waals surface area contributed by atoms with Gasteiger partial charge in [-0.2, -0.15) is 4.31 Å². The van der Waals surface area contributed by atoms with Crippen molar-refractivity contribution in [2.45, 2.75) is 51.9 Å². The van der Waals surface area contributed by atoms with Crippen LogP contribution in [0.3, 0.4) is 0 Å². The van der Waals surface area contributed by atoms with Gasteiger partial charge in [0.1, 0.15) is 0 Å². The van der Waals surface area contributed by atoms with Gasteiger partial charge in [0.15, 0.2) is 0 Å². The lowest BCUT2D eigenvalue weighted by Gasteiger charge is -2.34. The van der Waals surface area contributed by atoms with Crippen molar-refractivity contribution in [3.8, 4) is 0 Å². The lowest BCUT2D eigenvalue weighted by atomic mass is 10.1. The van der Waals surface area contributed by atoms with Gasteiger partial charge in [-0.25, -0.2) is 8.42 Å². The van der Waals surface area contributed by atoms with Crippen LogP contribution in [-0.2, 0) is 21.3 Å². The Bertz CT molecular complexity index is 677. The maximum Gasteiger partial charge on any atom is 0.215 e. The van der Waals surface area contributed by atoms with Crippen LogP contribution in [0.15, 0.2) is 24.3 Å². The summed E-state index contributed by atoms with van der Waals surface area (Å²) in [6.07, 6.45) is 3.80. The van der Waals surface area contributed by atoms with Crippen molar-refractivity contribution in [3.05, 3.63) is 29.8 Å². The van der Waals surface area contributed by atoms with E-state index in [4.69, 9.17) is 4.74 Å². The Morgan fingerprint density at radius 2 is 1.67 bits per heavy atom. The van der Waals surface area contributed by atoms with Gasteiger partial charge in [0.2, 0.25) is 10.0 Å². The molecule has 0 spiro atoms. The molecular formula is C20H33N3O3S. The maximum atomic E-state index is 12.5. The highest BCUT2D eigenvalue weighted by Crippen LogP contribution is 2.20. The summed E-state index contributed by atoms with van der Waals surface area (Å²) in [5.74, 6) is 0.123. The molecule has 0 amide bonds. The Labute approximate surface area is 163 Å². The summed E-state index contributed by atoms with van der Waals surface area (Å²) in [4.78, 5) is 2.44. The van der Waals surface area contributed by atoms with Crippen molar-refractivity contribution in [3.63, 3.8) is 0 Å². The van der Waals surface area contributed by atoms with Crippen molar-refractivity contribution in [2.24, 2.45) is 0 Å². The largest absolute Gasteiger partial charge is 0.373 e. The fourth-order valence-corrected chi connectivity index (χ4v) is 5.43. The molecule has 0 radical (unpaired) electrons. The van der Waals surface area contributed by atoms with Gasteiger partial charge in [0.05, 0.1) is 18.0 Å². The molecule has 3 rings (SSSR count). The predicted octanol–water partition coefficient (Wildman–Crippen LogP) is 2.21. The molecule has 2 unspecified atom stereocenters. The molecule has 2 heterocycles. The zero-order chi connectivity index (χ0) is 19.3. The van der Waals surface area contributed by atoms with Gasteiger partial charge in [-0.1, -0.05) is 12.1 Å². The third-order valence-corrected chi connectivity index (χ3v) is 7.11. The van der Waals surface area contributed by atoms with Crippen molar-refractivity contribution < 1.29 is 13.2 Å². The summed E-state index contributed by atoms with van der Waals surface area (Å²) < 4.78 is 32.3. The minimum absolute atomic E-state index is 0.0464. The zero-order valence-corrected chi connectivity index (χ0v) is 17.4. The summed E-state index contributed by atoms with van der Waals surface area (Å²) in [5.41, 5.74) is 2.47. The van der Waals surface area contributed by atoms with E-state index < -0.39 is 10.0 Å². The standard InChI is InChI=1S/C20H33N3O3S/c1-17-15-23(16-18(2)26-17)27(24,25)13-10-21-14-19-6-8-20(9-7-19)22-11-4-3-5-12-22/h6-9,17-18,21H,3-5,10-16H2,1-2H3. The van der Waals surface area contributed by atoms with Gasteiger partial charge in [-0.15, -0.1) is 0 Å². The van der Waals surface area contributed by atoms with Gasteiger partial charge in [-0.05, 0) is 50.8 Å². The van der Waals surface area contributed by atoms with E-state index in [1.165, 1.54) is 30.5 Å². The van der Waals surface area contributed by atoms with Crippen LogP contribution < -0.4 is 10.2 Å². The van der Waals surface area contributed by atoms with E-state index in [0.717, 1.165) is 13.1 Å². The third-order valence-electron chi connectivity index (χ3n) is 5.30. The average molecular weight is 396 g/mol. The van der Waals surface area contributed by atoms with Gasteiger partial charge in [-0.3, -0.25) is 0 Å². The molecule has 7 heteroatoms. The molecule has 152 valence electrons. The monoisotopic (exact) mass is 395 g/mol. The van der Waals surface area contributed by atoms with Gasteiger partial charge >= 0.3 is 0 Å². The second-order valence-electron chi connectivity index (χ2n) is 7.78. The van der Waals surface area contributed by atoms with Gasteiger partial charge in [0, 0.05) is 45.0 Å². The molecule has 6 nitrogen and oxygen atoms in total. The quantitative estimate of drug-likeness (QED) is 0.717. The molecule has 27 heavy (non-hydrogen) atoms. The Morgan fingerprint density at radius 1 is 1.04 bits per heavy atom. The van der Waals surface area contributed by atoms with Crippen molar-refractivity contribution in [2.75, 3.05) is 43.4 Å². The van der Waals surface area contributed by atoms with Crippen LogP contribution >= 0.6 is 0 Å². The lowest BCUT2D eigenvalue weighted by molar-refractivity contribution is -0.0440. The number of hydrogen-bond acceptors (Lipinski definition) is 5. The molecule has 0 saturated carbocycles. The number of sulfonamides is 1. The molecule has 0 aromatic heterocycles. The van der Waals surface area contributed by atoms with E-state index in [2.05, 4.69) is 34.5 Å². The molecule has 1 aromatic carbocycles. The first-order valence-electron chi connectivity index (χ1n) is 10.1. The highest BCUT2D eigenvalue weighted by atomic mass is 32.2. The van der Waals surface area contributed by atoms with Crippen LogP contribution in [0.25, 0.3) is 0 Å². The van der Waals surface area contributed by atoms with E-state index >= 15 is 0 Å². The SMILES string of the molecule is CC1CN(S(=O)(=O)CCNCc2ccc(N3CCCCC3)cc2)CC(C)O1. The topological polar surface area (TPSA) is 61.9 Å². The Hall–Kier alpha value is -1.15. The molecular weight excluding hydrogens is 362 g/mol. The second-order valence-corrected chi connectivity index (χ2v) is 9.87. The molecule has 1 N–H and O–H groups in total. The molecule has 2 aliphatic rings. The minimum Gasteiger partial charge on any atom is -0.373 e. The van der Waals surface area contributed by atoms with Crippen molar-refractivity contribution in [1.82, 2.24) is 9.62 Å². The fourth-order valence-electron chi connectivity index (χ4n) is 3.90. The molecule has 2 saturated heterocycles. The van der Waals surface area contributed by atoms with E-state index in [1.54, 1.807) is 4.31 Å². The third kappa shape index (κ3) is 5.91. The number of morpholine rings is 1. The van der Waals surface area contributed by atoms with E-state index in [-0.39, 0.29) is 18.0 Å². The average Bonchev–Trinajstić information content (AvgIpc) is 2.66. The number of anilines is 1. The van der Waals surface area contributed by atoms with Gasteiger partial charge < -0.3 is 15.0 Å². The molecule has 0 aliphatic carbocycles. The molecule has 0 bridgehead atoms. The van der Waals surface area contributed by atoms with Gasteiger partial charge in [0.25, 0.3) is 0 Å². The fraction of sp³-hybridized carbons (Fsp3) is 0.700. The summed E-state index contributed by atoms with van der Waals surface area (Å²) >= 11 is 0. The maximum absolute atomic E-state index is 12.5. The predicted molar refractivity (Wildman–Crippen MR) is 110 cm³/mol. The first-order chi connectivity index (χ1) is 12.9. The van der Waals surface area contributed by atoms with Crippen LogP contribution in [0.1, 0.15) is 38.7 Å². The Kier molecular flexibility index (Phi) is 7.14. The number of ether oxygens (including phenoxy) is 1. The molecule has 2 atom stereocenters. The number of piperidine rings is 1. The highest BCUT2D eigenvalue weighted by Gasteiger charge is 2.30. The first kappa shape index (κ1) is 20.6. The number of rotatable bonds is 7. The Morgan fingerprint density at radius 3 is 2.30 bits per heavy atom. The summed E-state index contributed by atoms with van der Waals surface area (Å²) in [5, 5.41) is 3.27. The second kappa shape index (κ2) is 9.37. The van der Waals surface area contributed by atoms with Crippen molar-refractivity contribution in [1.29, 1.82) is 0 Å². The van der Waals surface area contributed by atoms with E-state index in [1.807, 2.05) is 13.8 Å². The lowest BCUT2D eigenvalue weighted by Crippen LogP contribution is -2.49. The molecule has 2 aliphatic heterocycles. The van der Waals surface area contributed by atoms with Crippen LogP contribution in [-0.4, -0.2) is 63.4 Å². The number of nitrogens with one attached hydrogen (secondary N) is 1. The first-order valence-corrected chi connectivity index (χ1v) is 11.7. The van der Waals surface area contributed by atoms with Crippen LogP contribution in [0.2, 0.25) is 0 Å². The highest BCUT2D eigenvalue weighted by molar-refractivity contribution is 7.89. The summed E-state index contributed by atoms with van der Waals surface area (Å²) in [6, 6.07) is 8.62. The van der Waals surface area contributed by atoms with Crippen LogP contribution in [0.4, 0.5) is 5.69 Å². The normalized spacial score (nSPS) is 24.9. The summed E-state index contributed by atoms with van der Waals surface area (Å²) in [7, 11) is -3.24. The molecule has 2 fully saturated rings.